The number of hydrogen-bond acceptors (Lipinski definition) is 2. The van der Waals surface area contributed by atoms with Crippen molar-refractivity contribution in [2.24, 2.45) is 0 Å². The lowest BCUT2D eigenvalue weighted by atomic mass is 9.96. The Balaban J connectivity index is 1.84. The molecule has 1 amide bonds. The fourth-order valence-electron chi connectivity index (χ4n) is 3.24. The molecule has 2 aromatic carbocycles. The van der Waals surface area contributed by atoms with Crippen LogP contribution in [0.1, 0.15) is 31.4 Å². The van der Waals surface area contributed by atoms with Crippen molar-refractivity contribution in [3.05, 3.63) is 58.4 Å². The Morgan fingerprint density at radius 1 is 1.32 bits per heavy atom. The molecule has 1 heterocycles. The van der Waals surface area contributed by atoms with Gasteiger partial charge in [-0.25, -0.2) is 4.39 Å². The first-order valence-corrected chi connectivity index (χ1v) is 8.79. The number of hydrogen-bond donors (Lipinski definition) is 0. The molecule has 25 heavy (non-hydrogen) atoms. The van der Waals surface area contributed by atoms with Crippen molar-refractivity contribution >= 4 is 23.2 Å². The molecule has 132 valence electrons. The van der Waals surface area contributed by atoms with Gasteiger partial charge in [0.05, 0.1) is 0 Å². The maximum Gasteiger partial charge on any atom is 0.268 e. The summed E-state index contributed by atoms with van der Waals surface area (Å²) in [6, 6.07) is 9.94. The number of ether oxygens (including phenoxy) is 1. The largest absolute Gasteiger partial charge is 0.481 e. The lowest BCUT2D eigenvalue weighted by Gasteiger charge is -2.36. The van der Waals surface area contributed by atoms with Crippen molar-refractivity contribution in [3.8, 4) is 5.75 Å². The number of carbonyl (C=O) groups excluding carboxylic acids is 1. The van der Waals surface area contributed by atoms with Crippen molar-refractivity contribution in [3.63, 3.8) is 0 Å². The van der Waals surface area contributed by atoms with E-state index in [2.05, 4.69) is 0 Å². The molecule has 0 unspecified atom stereocenters. The molecule has 5 heteroatoms. The van der Waals surface area contributed by atoms with Gasteiger partial charge in [0.1, 0.15) is 11.6 Å². The lowest BCUT2D eigenvalue weighted by molar-refractivity contribution is -0.125. The van der Waals surface area contributed by atoms with E-state index in [9.17, 15) is 9.18 Å². The van der Waals surface area contributed by atoms with E-state index in [1.807, 2.05) is 13.8 Å². The number of fused-ring (bicyclic) bond motifs is 1. The van der Waals surface area contributed by atoms with Gasteiger partial charge in [0.2, 0.25) is 0 Å². The molecule has 0 N–H and O–H groups in total. The molecule has 1 aliphatic rings. The van der Waals surface area contributed by atoms with Crippen LogP contribution in [0.25, 0.3) is 0 Å². The normalized spacial score (nSPS) is 17.8. The minimum Gasteiger partial charge on any atom is -0.481 e. The molecule has 3 rings (SSSR count). The maximum atomic E-state index is 13.5. The highest BCUT2D eigenvalue weighted by molar-refractivity contribution is 6.30. The van der Waals surface area contributed by atoms with Gasteiger partial charge >= 0.3 is 0 Å². The lowest BCUT2D eigenvalue weighted by Crippen LogP contribution is -2.48. The summed E-state index contributed by atoms with van der Waals surface area (Å²) in [5.74, 6) is 0.227. The highest BCUT2D eigenvalue weighted by Gasteiger charge is 2.32. The molecule has 0 saturated heterocycles. The Labute approximate surface area is 152 Å². The third kappa shape index (κ3) is 3.64. The average molecular weight is 362 g/mol. The van der Waals surface area contributed by atoms with Gasteiger partial charge in [-0.15, -0.1) is 0 Å². The van der Waals surface area contributed by atoms with E-state index >= 15 is 0 Å². The van der Waals surface area contributed by atoms with Gasteiger partial charge in [-0.2, -0.15) is 0 Å². The number of benzene rings is 2. The minimum absolute atomic E-state index is 0.0443. The number of aryl methyl sites for hydroxylation is 2. The zero-order valence-corrected chi connectivity index (χ0v) is 15.3. The molecular weight excluding hydrogens is 341 g/mol. The summed E-state index contributed by atoms with van der Waals surface area (Å²) in [5.41, 5.74) is 2.51. The van der Waals surface area contributed by atoms with E-state index in [1.165, 1.54) is 12.1 Å². The first kappa shape index (κ1) is 17.7. The molecule has 0 spiro atoms. The summed E-state index contributed by atoms with van der Waals surface area (Å²) in [6.45, 7) is 5.63. The Hall–Kier alpha value is -2.07. The average Bonchev–Trinajstić information content (AvgIpc) is 2.57. The smallest absolute Gasteiger partial charge is 0.268 e. The molecule has 0 aromatic heterocycles. The molecule has 0 saturated carbocycles. The first-order valence-electron chi connectivity index (χ1n) is 8.41. The molecular formula is C20H21ClFNO2. The molecule has 0 radical (unpaired) electrons. The Morgan fingerprint density at radius 2 is 2.08 bits per heavy atom. The van der Waals surface area contributed by atoms with Gasteiger partial charge in [-0.05, 0) is 81.1 Å². The maximum absolute atomic E-state index is 13.5. The van der Waals surface area contributed by atoms with E-state index in [4.69, 9.17) is 16.3 Å². The molecule has 3 nitrogen and oxygen atoms in total. The van der Waals surface area contributed by atoms with Crippen LogP contribution in [0.2, 0.25) is 5.02 Å². The Morgan fingerprint density at radius 3 is 2.80 bits per heavy atom. The second-order valence-corrected chi connectivity index (χ2v) is 6.98. The van der Waals surface area contributed by atoms with Gasteiger partial charge in [0.25, 0.3) is 5.91 Å². The van der Waals surface area contributed by atoms with Gasteiger partial charge in [-0.1, -0.05) is 11.6 Å². The summed E-state index contributed by atoms with van der Waals surface area (Å²) < 4.78 is 19.4. The van der Waals surface area contributed by atoms with Crippen molar-refractivity contribution in [1.29, 1.82) is 0 Å². The van der Waals surface area contributed by atoms with Crippen LogP contribution in [-0.2, 0) is 11.2 Å². The van der Waals surface area contributed by atoms with Crippen LogP contribution >= 0.6 is 11.6 Å². The van der Waals surface area contributed by atoms with Gasteiger partial charge in [0.15, 0.2) is 6.10 Å². The van der Waals surface area contributed by atoms with Gasteiger partial charge < -0.3 is 9.64 Å². The summed E-state index contributed by atoms with van der Waals surface area (Å²) in [6.07, 6.45) is 0.914. The second-order valence-electron chi connectivity index (χ2n) is 6.54. The summed E-state index contributed by atoms with van der Waals surface area (Å²) in [7, 11) is 0. The zero-order chi connectivity index (χ0) is 18.1. The van der Waals surface area contributed by atoms with Crippen molar-refractivity contribution in [1.82, 2.24) is 0 Å². The van der Waals surface area contributed by atoms with E-state index in [0.717, 1.165) is 29.7 Å². The van der Waals surface area contributed by atoms with Crippen LogP contribution in [0, 0.1) is 12.7 Å². The topological polar surface area (TPSA) is 29.5 Å². The van der Waals surface area contributed by atoms with Gasteiger partial charge in [0, 0.05) is 16.8 Å². The predicted octanol–water partition coefficient (Wildman–Crippen LogP) is 4.92. The molecule has 1 aliphatic heterocycles. The van der Waals surface area contributed by atoms with Crippen molar-refractivity contribution in [2.45, 2.75) is 45.8 Å². The monoisotopic (exact) mass is 361 g/mol. The van der Waals surface area contributed by atoms with E-state index in [0.29, 0.717) is 10.8 Å². The zero-order valence-electron chi connectivity index (χ0n) is 14.6. The SMILES string of the molecule is Cc1cc(Cl)ccc1O[C@H](C)C(=O)N1c2ccc(F)cc2CC[C@@H]1C. The van der Waals surface area contributed by atoms with E-state index in [1.54, 1.807) is 36.1 Å². The van der Waals surface area contributed by atoms with Crippen LogP contribution in [0.4, 0.5) is 10.1 Å². The number of nitrogens with zero attached hydrogens (tertiary/aromatic N) is 1. The Kier molecular flexibility index (Phi) is 5.00. The number of amides is 1. The minimum atomic E-state index is -0.654. The fraction of sp³-hybridized carbons (Fsp3) is 0.350. The molecule has 2 aromatic rings. The van der Waals surface area contributed by atoms with Gasteiger partial charge in [-0.3, -0.25) is 4.79 Å². The summed E-state index contributed by atoms with van der Waals surface area (Å²) in [5, 5.41) is 0.629. The van der Waals surface area contributed by atoms with Crippen LogP contribution in [0.15, 0.2) is 36.4 Å². The molecule has 2 atom stereocenters. The number of anilines is 1. The third-order valence-corrected chi connectivity index (χ3v) is 4.83. The molecule has 0 aliphatic carbocycles. The van der Waals surface area contributed by atoms with Crippen molar-refractivity contribution in [2.75, 3.05) is 4.90 Å². The molecule has 0 fully saturated rings. The first-order chi connectivity index (χ1) is 11.9. The van der Waals surface area contributed by atoms with Crippen LogP contribution in [0.5, 0.6) is 5.75 Å². The van der Waals surface area contributed by atoms with Crippen LogP contribution < -0.4 is 9.64 Å². The Bertz CT molecular complexity index is 808. The number of rotatable bonds is 3. The highest BCUT2D eigenvalue weighted by Crippen LogP contribution is 2.32. The standard InChI is InChI=1S/C20H21ClFNO2/c1-12-10-16(21)6-9-19(12)25-14(3)20(24)23-13(2)4-5-15-11-17(22)7-8-18(15)23/h6-11,13-14H,4-5H2,1-3H3/t13-,14+/m0/s1. The fourth-order valence-corrected chi connectivity index (χ4v) is 3.46. The van der Waals surface area contributed by atoms with Crippen molar-refractivity contribution < 1.29 is 13.9 Å². The quantitative estimate of drug-likeness (QED) is 0.776. The second kappa shape index (κ2) is 7.04. The van der Waals surface area contributed by atoms with E-state index in [-0.39, 0.29) is 17.8 Å². The third-order valence-electron chi connectivity index (χ3n) is 4.60. The van der Waals surface area contributed by atoms with E-state index < -0.39 is 6.10 Å². The predicted molar refractivity (Wildman–Crippen MR) is 97.9 cm³/mol. The highest BCUT2D eigenvalue weighted by atomic mass is 35.5. The number of carbonyl (C=O) groups is 1. The molecule has 0 bridgehead atoms. The number of halogens is 2. The summed E-state index contributed by atoms with van der Waals surface area (Å²) in [4.78, 5) is 14.8. The van der Waals surface area contributed by atoms with Crippen LogP contribution in [-0.4, -0.2) is 18.1 Å². The summed E-state index contributed by atoms with van der Waals surface area (Å²) >= 11 is 5.96. The van der Waals surface area contributed by atoms with Crippen LogP contribution in [0.3, 0.4) is 0 Å².